The highest BCUT2D eigenvalue weighted by Gasteiger charge is 2.19. The molecular formula is C19H23NO. The van der Waals surface area contributed by atoms with E-state index in [1.807, 2.05) is 36.4 Å². The molecule has 2 aromatic carbocycles. The molecule has 0 bridgehead atoms. The van der Waals surface area contributed by atoms with Crippen molar-refractivity contribution in [1.29, 1.82) is 0 Å². The van der Waals surface area contributed by atoms with E-state index in [0.29, 0.717) is 0 Å². The molecule has 1 N–H and O–H groups in total. The molecule has 0 unspecified atom stereocenters. The maximum absolute atomic E-state index is 5.87. The Hall–Kier alpha value is -1.80. The molecule has 0 aromatic heterocycles. The number of rotatable bonds is 8. The number of benzene rings is 2. The molecule has 0 spiro atoms. The standard InChI is InChI=1S/C19H23NO/c1-2-9-18(10-3-1)21-19-11-6-8-16(15-19)7-4-5-14-20-17-12-13-17/h1-3,6,8-11,15,17,20H,4-5,7,12-14H2. The van der Waals surface area contributed by atoms with Crippen molar-refractivity contribution in [2.24, 2.45) is 0 Å². The Balaban J connectivity index is 1.46. The Morgan fingerprint density at radius 2 is 1.71 bits per heavy atom. The third-order valence-corrected chi connectivity index (χ3v) is 3.78. The summed E-state index contributed by atoms with van der Waals surface area (Å²) < 4.78 is 5.87. The summed E-state index contributed by atoms with van der Waals surface area (Å²) in [4.78, 5) is 0. The zero-order chi connectivity index (χ0) is 14.3. The topological polar surface area (TPSA) is 21.3 Å². The molecule has 0 saturated heterocycles. The molecule has 0 amide bonds. The fourth-order valence-electron chi connectivity index (χ4n) is 2.44. The summed E-state index contributed by atoms with van der Waals surface area (Å²) >= 11 is 0. The van der Waals surface area contributed by atoms with Gasteiger partial charge >= 0.3 is 0 Å². The summed E-state index contributed by atoms with van der Waals surface area (Å²) in [5.74, 6) is 1.82. The van der Waals surface area contributed by atoms with Gasteiger partial charge in [-0.25, -0.2) is 0 Å². The second-order valence-corrected chi connectivity index (χ2v) is 5.75. The molecule has 1 fully saturated rings. The van der Waals surface area contributed by atoms with E-state index in [4.69, 9.17) is 4.74 Å². The van der Waals surface area contributed by atoms with Crippen molar-refractivity contribution >= 4 is 0 Å². The summed E-state index contributed by atoms with van der Waals surface area (Å²) in [5, 5.41) is 3.56. The number of hydrogen-bond acceptors (Lipinski definition) is 2. The van der Waals surface area contributed by atoms with Crippen LogP contribution in [-0.2, 0) is 6.42 Å². The molecule has 1 aliphatic carbocycles. The first-order valence-electron chi connectivity index (χ1n) is 7.95. The van der Waals surface area contributed by atoms with Gasteiger partial charge in [-0.15, -0.1) is 0 Å². The average molecular weight is 281 g/mol. The third-order valence-electron chi connectivity index (χ3n) is 3.78. The summed E-state index contributed by atoms with van der Waals surface area (Å²) in [6.45, 7) is 1.16. The molecular weight excluding hydrogens is 258 g/mol. The van der Waals surface area contributed by atoms with E-state index >= 15 is 0 Å². The molecule has 1 saturated carbocycles. The van der Waals surface area contributed by atoms with Crippen LogP contribution >= 0.6 is 0 Å². The van der Waals surface area contributed by atoms with Gasteiger partial charge in [-0.2, -0.15) is 0 Å². The van der Waals surface area contributed by atoms with Crippen molar-refractivity contribution in [3.05, 3.63) is 60.2 Å². The number of hydrogen-bond donors (Lipinski definition) is 1. The molecule has 0 heterocycles. The van der Waals surface area contributed by atoms with Crippen molar-refractivity contribution in [2.45, 2.75) is 38.1 Å². The van der Waals surface area contributed by atoms with Crippen LogP contribution in [0.25, 0.3) is 0 Å². The summed E-state index contributed by atoms with van der Waals surface area (Å²) in [6, 6.07) is 19.2. The van der Waals surface area contributed by atoms with Crippen LogP contribution in [0.3, 0.4) is 0 Å². The molecule has 2 aromatic rings. The maximum Gasteiger partial charge on any atom is 0.127 e. The Kier molecular flexibility index (Phi) is 4.90. The van der Waals surface area contributed by atoms with E-state index in [2.05, 4.69) is 23.5 Å². The van der Waals surface area contributed by atoms with Crippen LogP contribution in [0, 0.1) is 0 Å². The lowest BCUT2D eigenvalue weighted by Gasteiger charge is -2.08. The van der Waals surface area contributed by atoms with Gasteiger partial charge in [0.1, 0.15) is 11.5 Å². The minimum absolute atomic E-state index is 0.826. The van der Waals surface area contributed by atoms with Gasteiger partial charge in [0.15, 0.2) is 0 Å². The normalized spacial score (nSPS) is 14.1. The van der Waals surface area contributed by atoms with E-state index in [-0.39, 0.29) is 0 Å². The Morgan fingerprint density at radius 3 is 2.52 bits per heavy atom. The SMILES string of the molecule is c1ccc(Oc2cccc(CCCCNC3CC3)c2)cc1. The van der Waals surface area contributed by atoms with E-state index in [0.717, 1.165) is 30.5 Å². The fraction of sp³-hybridized carbons (Fsp3) is 0.368. The second-order valence-electron chi connectivity index (χ2n) is 5.75. The van der Waals surface area contributed by atoms with Crippen LogP contribution in [0.1, 0.15) is 31.2 Å². The quantitative estimate of drug-likeness (QED) is 0.716. The largest absolute Gasteiger partial charge is 0.457 e. The highest BCUT2D eigenvalue weighted by molar-refractivity contribution is 5.33. The zero-order valence-corrected chi connectivity index (χ0v) is 12.4. The van der Waals surface area contributed by atoms with Crippen LogP contribution in [0.5, 0.6) is 11.5 Å². The number of nitrogens with one attached hydrogen (secondary N) is 1. The molecule has 21 heavy (non-hydrogen) atoms. The van der Waals surface area contributed by atoms with E-state index in [1.54, 1.807) is 0 Å². The van der Waals surface area contributed by atoms with Gasteiger partial charge in [-0.3, -0.25) is 0 Å². The van der Waals surface area contributed by atoms with Crippen LogP contribution in [0.4, 0.5) is 0 Å². The van der Waals surface area contributed by atoms with Crippen molar-refractivity contribution in [2.75, 3.05) is 6.54 Å². The lowest BCUT2D eigenvalue weighted by atomic mass is 10.1. The Bertz CT molecular complexity index is 549. The molecule has 110 valence electrons. The Morgan fingerprint density at radius 1 is 0.905 bits per heavy atom. The van der Waals surface area contributed by atoms with E-state index in [1.165, 1.54) is 31.2 Å². The van der Waals surface area contributed by atoms with Crippen molar-refractivity contribution in [3.8, 4) is 11.5 Å². The van der Waals surface area contributed by atoms with Gasteiger partial charge in [0.25, 0.3) is 0 Å². The zero-order valence-electron chi connectivity index (χ0n) is 12.4. The molecule has 2 nitrogen and oxygen atoms in total. The molecule has 2 heteroatoms. The van der Waals surface area contributed by atoms with Crippen molar-refractivity contribution in [1.82, 2.24) is 5.32 Å². The second kappa shape index (κ2) is 7.28. The molecule has 0 atom stereocenters. The van der Waals surface area contributed by atoms with Crippen LogP contribution in [-0.4, -0.2) is 12.6 Å². The highest BCUT2D eigenvalue weighted by atomic mass is 16.5. The summed E-state index contributed by atoms with van der Waals surface area (Å²) in [6.07, 6.45) is 6.35. The number of unbranched alkanes of at least 4 members (excludes halogenated alkanes) is 1. The van der Waals surface area contributed by atoms with Crippen LogP contribution in [0.2, 0.25) is 0 Å². The monoisotopic (exact) mass is 281 g/mol. The molecule has 0 radical (unpaired) electrons. The maximum atomic E-state index is 5.87. The van der Waals surface area contributed by atoms with Gasteiger partial charge in [0, 0.05) is 6.04 Å². The molecule has 0 aliphatic heterocycles. The van der Waals surface area contributed by atoms with E-state index in [9.17, 15) is 0 Å². The summed E-state index contributed by atoms with van der Waals surface area (Å²) in [7, 11) is 0. The van der Waals surface area contributed by atoms with Gasteiger partial charge in [0.2, 0.25) is 0 Å². The van der Waals surface area contributed by atoms with Gasteiger partial charge in [-0.1, -0.05) is 30.3 Å². The predicted molar refractivity (Wildman–Crippen MR) is 86.9 cm³/mol. The fourth-order valence-corrected chi connectivity index (χ4v) is 2.44. The summed E-state index contributed by atoms with van der Waals surface area (Å²) in [5.41, 5.74) is 1.36. The Labute approximate surface area is 127 Å². The van der Waals surface area contributed by atoms with Crippen LogP contribution < -0.4 is 10.1 Å². The lowest BCUT2D eigenvalue weighted by Crippen LogP contribution is -2.17. The predicted octanol–water partition coefficient (Wildman–Crippen LogP) is 4.55. The van der Waals surface area contributed by atoms with Crippen molar-refractivity contribution < 1.29 is 4.74 Å². The van der Waals surface area contributed by atoms with E-state index < -0.39 is 0 Å². The first kappa shape index (κ1) is 14.2. The average Bonchev–Trinajstić information content (AvgIpc) is 3.33. The highest BCUT2D eigenvalue weighted by Crippen LogP contribution is 2.22. The molecule has 3 rings (SSSR count). The first-order chi connectivity index (χ1) is 10.4. The number of aryl methyl sites for hydroxylation is 1. The van der Waals surface area contributed by atoms with Crippen molar-refractivity contribution in [3.63, 3.8) is 0 Å². The first-order valence-corrected chi connectivity index (χ1v) is 7.95. The smallest absolute Gasteiger partial charge is 0.127 e. The van der Waals surface area contributed by atoms with Gasteiger partial charge in [0.05, 0.1) is 0 Å². The van der Waals surface area contributed by atoms with Crippen LogP contribution in [0.15, 0.2) is 54.6 Å². The third kappa shape index (κ3) is 4.91. The minimum atomic E-state index is 0.826. The number of ether oxygens (including phenoxy) is 1. The minimum Gasteiger partial charge on any atom is -0.457 e. The van der Waals surface area contributed by atoms with Gasteiger partial charge < -0.3 is 10.1 Å². The van der Waals surface area contributed by atoms with Gasteiger partial charge in [-0.05, 0) is 68.5 Å². The number of para-hydroxylation sites is 1. The lowest BCUT2D eigenvalue weighted by molar-refractivity contribution is 0.482. The molecule has 1 aliphatic rings.